The number of aryl methyl sites for hydroxylation is 2. The largest absolute Gasteiger partial charge is 0.482 e. The normalized spacial score (nSPS) is 13.6. The summed E-state index contributed by atoms with van der Waals surface area (Å²) in [6, 6.07) is 17.9. The van der Waals surface area contributed by atoms with Crippen molar-refractivity contribution in [3.05, 3.63) is 97.6 Å². The van der Waals surface area contributed by atoms with Gasteiger partial charge in [0, 0.05) is 23.1 Å². The Balaban J connectivity index is 1.64. The topological polar surface area (TPSA) is 111 Å². The zero-order chi connectivity index (χ0) is 26.1. The van der Waals surface area contributed by atoms with Crippen LogP contribution < -0.4 is 14.9 Å². The van der Waals surface area contributed by atoms with Gasteiger partial charge in [0.2, 0.25) is 4.80 Å². The summed E-state index contributed by atoms with van der Waals surface area (Å²) in [6.07, 6.45) is 0. The number of amides is 1. The fourth-order valence-corrected chi connectivity index (χ4v) is 4.70. The molecule has 0 unspecified atom stereocenters. The average Bonchev–Trinajstić information content (AvgIpc) is 3.27. The van der Waals surface area contributed by atoms with E-state index in [0.717, 1.165) is 28.1 Å². The van der Waals surface area contributed by atoms with Crippen molar-refractivity contribution < 1.29 is 14.5 Å². The lowest BCUT2D eigenvalue weighted by Gasteiger charge is -2.18. The smallest absolute Gasteiger partial charge is 0.269 e. The van der Waals surface area contributed by atoms with E-state index in [1.807, 2.05) is 55.6 Å². The highest BCUT2D eigenvalue weighted by Crippen LogP contribution is 2.33. The first-order valence-electron chi connectivity index (χ1n) is 11.5. The number of hydrogen-bond donors (Lipinski definition) is 1. The van der Waals surface area contributed by atoms with Crippen LogP contribution in [-0.4, -0.2) is 27.8 Å². The number of carbonyl (C=O) groups is 1. The molecular weight excluding hydrogens is 490 g/mol. The molecule has 1 aliphatic rings. The van der Waals surface area contributed by atoms with Crippen LogP contribution in [0, 0.1) is 24.0 Å². The van der Waals surface area contributed by atoms with Gasteiger partial charge in [0.25, 0.3) is 11.6 Å². The Hall–Kier alpha value is -4.57. The van der Waals surface area contributed by atoms with Crippen LogP contribution >= 0.6 is 11.3 Å². The predicted octanol–water partition coefficient (Wildman–Crippen LogP) is 5.58. The molecule has 3 aromatic carbocycles. The highest BCUT2D eigenvalue weighted by molar-refractivity contribution is 7.07. The molecule has 1 amide bonds. The molecule has 1 N–H and O–H groups in total. The minimum atomic E-state index is -0.429. The summed E-state index contributed by atoms with van der Waals surface area (Å²) in [7, 11) is 0. The minimum absolute atomic E-state index is 0.0114. The van der Waals surface area contributed by atoms with E-state index in [4.69, 9.17) is 14.8 Å². The van der Waals surface area contributed by atoms with Crippen LogP contribution in [-0.2, 0) is 4.79 Å². The molecule has 5 rings (SSSR count). The van der Waals surface area contributed by atoms with Gasteiger partial charge >= 0.3 is 0 Å². The number of carbonyl (C=O) groups excluding carboxylic acids is 1. The Bertz CT molecular complexity index is 1630. The zero-order valence-corrected chi connectivity index (χ0v) is 21.2. The first-order chi connectivity index (χ1) is 17.8. The summed E-state index contributed by atoms with van der Waals surface area (Å²) in [5.74, 6) is 0.399. The predicted molar refractivity (Wildman–Crippen MR) is 144 cm³/mol. The van der Waals surface area contributed by atoms with Crippen LogP contribution in [0.1, 0.15) is 23.6 Å². The maximum atomic E-state index is 11.8. The van der Waals surface area contributed by atoms with Crippen molar-refractivity contribution in [3.8, 4) is 17.0 Å². The van der Waals surface area contributed by atoms with Gasteiger partial charge in [0.1, 0.15) is 5.75 Å². The zero-order valence-electron chi connectivity index (χ0n) is 20.4. The molecule has 0 spiro atoms. The summed E-state index contributed by atoms with van der Waals surface area (Å²) in [6.45, 7) is 5.93. The molecule has 4 aromatic rings. The Morgan fingerprint density at radius 2 is 1.86 bits per heavy atom. The van der Waals surface area contributed by atoms with E-state index < -0.39 is 4.92 Å². The van der Waals surface area contributed by atoms with Crippen molar-refractivity contribution in [2.75, 3.05) is 11.9 Å². The van der Waals surface area contributed by atoms with Gasteiger partial charge < -0.3 is 10.1 Å². The van der Waals surface area contributed by atoms with Gasteiger partial charge in [-0.3, -0.25) is 14.9 Å². The molecule has 10 heteroatoms. The maximum absolute atomic E-state index is 11.8. The van der Waals surface area contributed by atoms with Crippen molar-refractivity contribution in [1.82, 2.24) is 4.68 Å². The minimum Gasteiger partial charge on any atom is -0.482 e. The van der Waals surface area contributed by atoms with Gasteiger partial charge in [-0.1, -0.05) is 6.07 Å². The van der Waals surface area contributed by atoms with Gasteiger partial charge in [0.05, 0.1) is 27.7 Å². The number of rotatable bonds is 5. The van der Waals surface area contributed by atoms with E-state index in [-0.39, 0.29) is 18.2 Å². The SMILES string of the molecule is CC(=Nn1c(-c2ccc3c(c2)NC(=O)CO3)csc1=Nc1ccc(C)c(C)c1)c1ccc([N+](=O)[O-])cc1. The van der Waals surface area contributed by atoms with Crippen LogP contribution in [0.4, 0.5) is 17.1 Å². The van der Waals surface area contributed by atoms with E-state index in [1.54, 1.807) is 16.8 Å². The summed E-state index contributed by atoms with van der Waals surface area (Å²) >= 11 is 1.44. The van der Waals surface area contributed by atoms with Gasteiger partial charge in [0.15, 0.2) is 6.61 Å². The monoisotopic (exact) mass is 513 g/mol. The number of non-ortho nitro benzene ring substituents is 1. The molecule has 9 nitrogen and oxygen atoms in total. The Morgan fingerprint density at radius 3 is 2.59 bits per heavy atom. The first-order valence-corrected chi connectivity index (χ1v) is 12.4. The van der Waals surface area contributed by atoms with Gasteiger partial charge in [-0.2, -0.15) is 5.10 Å². The van der Waals surface area contributed by atoms with Crippen molar-refractivity contribution in [2.24, 2.45) is 10.1 Å². The average molecular weight is 514 g/mol. The number of nitrogens with one attached hydrogen (secondary N) is 1. The van der Waals surface area contributed by atoms with Crippen molar-refractivity contribution in [1.29, 1.82) is 0 Å². The fraction of sp³-hybridized carbons (Fsp3) is 0.148. The highest BCUT2D eigenvalue weighted by atomic mass is 32.1. The molecule has 0 atom stereocenters. The van der Waals surface area contributed by atoms with Gasteiger partial charge in [-0.05, 0) is 79.9 Å². The quantitative estimate of drug-likeness (QED) is 0.213. The number of fused-ring (bicyclic) bond motifs is 1. The van der Waals surface area contributed by atoms with E-state index in [2.05, 4.69) is 12.2 Å². The molecule has 37 heavy (non-hydrogen) atoms. The molecule has 186 valence electrons. The summed E-state index contributed by atoms with van der Waals surface area (Å²) in [5, 5.41) is 20.7. The number of nitro groups is 1. The molecule has 2 heterocycles. The molecule has 0 saturated carbocycles. The number of benzene rings is 3. The number of ether oxygens (including phenoxy) is 1. The lowest BCUT2D eigenvalue weighted by molar-refractivity contribution is -0.384. The molecule has 0 saturated heterocycles. The second kappa shape index (κ2) is 9.82. The van der Waals surface area contributed by atoms with Crippen LogP contribution in [0.5, 0.6) is 5.75 Å². The van der Waals surface area contributed by atoms with Gasteiger partial charge in [-0.15, -0.1) is 11.3 Å². The summed E-state index contributed by atoms with van der Waals surface area (Å²) in [4.78, 5) is 28.0. The van der Waals surface area contributed by atoms with Crippen LogP contribution in [0.25, 0.3) is 11.3 Å². The van der Waals surface area contributed by atoms with Crippen LogP contribution in [0.3, 0.4) is 0 Å². The molecule has 1 aliphatic heterocycles. The summed E-state index contributed by atoms with van der Waals surface area (Å²) < 4.78 is 7.25. The molecule has 0 bridgehead atoms. The molecule has 1 aromatic heterocycles. The first kappa shape index (κ1) is 24.1. The number of anilines is 1. The van der Waals surface area contributed by atoms with E-state index in [1.165, 1.54) is 29.0 Å². The van der Waals surface area contributed by atoms with Crippen LogP contribution in [0.2, 0.25) is 0 Å². The second-order valence-electron chi connectivity index (χ2n) is 8.63. The standard InChI is InChI=1S/C27H23N5O4S/c1-16-4-8-21(12-17(16)2)28-27-31(30-18(3)19-5-9-22(10-6-19)32(34)35)24(15-37-27)20-7-11-25-23(13-20)29-26(33)14-36-25/h4-13,15H,14H2,1-3H3,(H,29,33). The van der Waals surface area contributed by atoms with E-state index in [9.17, 15) is 14.9 Å². The Kier molecular flexibility index (Phi) is 6.41. The third-order valence-corrected chi connectivity index (χ3v) is 6.87. The van der Waals surface area contributed by atoms with E-state index in [0.29, 0.717) is 21.9 Å². The van der Waals surface area contributed by atoms with Crippen molar-refractivity contribution >= 4 is 40.0 Å². The highest BCUT2D eigenvalue weighted by Gasteiger charge is 2.18. The molecule has 0 aliphatic carbocycles. The third-order valence-electron chi connectivity index (χ3n) is 6.05. The number of nitrogens with zero attached hydrogens (tertiary/aromatic N) is 4. The number of aromatic nitrogens is 1. The van der Waals surface area contributed by atoms with Crippen molar-refractivity contribution in [2.45, 2.75) is 20.8 Å². The number of nitro benzene ring substituents is 1. The maximum Gasteiger partial charge on any atom is 0.269 e. The van der Waals surface area contributed by atoms with Crippen molar-refractivity contribution in [3.63, 3.8) is 0 Å². The molecular formula is C27H23N5O4S. The van der Waals surface area contributed by atoms with Gasteiger partial charge in [-0.25, -0.2) is 9.67 Å². The fourth-order valence-electron chi connectivity index (χ4n) is 3.85. The third kappa shape index (κ3) is 5.05. The Morgan fingerprint density at radius 1 is 1.08 bits per heavy atom. The number of thiazole rings is 1. The second-order valence-corrected chi connectivity index (χ2v) is 9.47. The molecule has 0 radical (unpaired) electrons. The molecule has 0 fully saturated rings. The lowest BCUT2D eigenvalue weighted by atomic mass is 10.1. The summed E-state index contributed by atoms with van der Waals surface area (Å²) in [5.41, 5.74) is 6.74. The number of hydrogen-bond acceptors (Lipinski definition) is 7. The van der Waals surface area contributed by atoms with Crippen LogP contribution in [0.15, 0.2) is 76.1 Å². The lowest BCUT2D eigenvalue weighted by Crippen LogP contribution is -2.25. The van der Waals surface area contributed by atoms with E-state index >= 15 is 0 Å². The Labute approximate surface area is 216 Å².